The number of nitrogens with one attached hydrogen (secondary N) is 4. The fourth-order valence-electron chi connectivity index (χ4n) is 5.73. The molecule has 2 aromatic carbocycles. The summed E-state index contributed by atoms with van der Waals surface area (Å²) in [4.78, 5) is 4.99. The van der Waals surface area contributed by atoms with Crippen molar-refractivity contribution in [3.8, 4) is 11.5 Å². The molecule has 0 spiro atoms. The maximum absolute atomic E-state index is 12.1. The molecular weight excluding hydrogens is 680 g/mol. The molecular formula is C36H55F6N5O2S. The van der Waals surface area contributed by atoms with Crippen molar-refractivity contribution in [2.75, 3.05) is 52.4 Å². The lowest BCUT2D eigenvalue weighted by Gasteiger charge is -2.25. The Labute approximate surface area is 298 Å². The fourth-order valence-corrected chi connectivity index (χ4v) is 6.35. The lowest BCUT2D eigenvalue weighted by molar-refractivity contribution is -0.154. The molecule has 50 heavy (non-hydrogen) atoms. The van der Waals surface area contributed by atoms with Crippen LogP contribution in [0.15, 0.2) is 52.4 Å². The van der Waals surface area contributed by atoms with Gasteiger partial charge in [0.25, 0.3) is 0 Å². The Morgan fingerprint density at radius 3 is 1.94 bits per heavy atom. The molecule has 2 aliphatic rings. The van der Waals surface area contributed by atoms with Gasteiger partial charge in [-0.2, -0.15) is 26.3 Å². The van der Waals surface area contributed by atoms with E-state index in [-0.39, 0.29) is 16.4 Å². The molecule has 0 aliphatic heterocycles. The minimum atomic E-state index is -4.51. The van der Waals surface area contributed by atoms with Crippen molar-refractivity contribution in [3.63, 3.8) is 0 Å². The summed E-state index contributed by atoms with van der Waals surface area (Å²) in [6.07, 6.45) is 4.83. The van der Waals surface area contributed by atoms with Crippen LogP contribution in [0.25, 0.3) is 0 Å². The van der Waals surface area contributed by atoms with Gasteiger partial charge in [0.1, 0.15) is 17.3 Å². The summed E-state index contributed by atoms with van der Waals surface area (Å²) < 4.78 is 84.1. The van der Waals surface area contributed by atoms with Crippen molar-refractivity contribution in [3.05, 3.63) is 48.0 Å². The lowest BCUT2D eigenvalue weighted by atomic mass is 9.89. The Morgan fingerprint density at radius 1 is 0.780 bits per heavy atom. The number of anilines is 1. The number of para-hydroxylation sites is 1. The number of benzene rings is 2. The van der Waals surface area contributed by atoms with Gasteiger partial charge in [-0.1, -0.05) is 64.5 Å². The molecule has 0 saturated heterocycles. The first kappa shape index (κ1) is 43.3. The Balaban J connectivity index is 0.000000341. The largest absolute Gasteiger partial charge is 0.484 e. The second-order valence-corrected chi connectivity index (χ2v) is 13.1. The van der Waals surface area contributed by atoms with E-state index < -0.39 is 25.6 Å². The number of rotatable bonds is 14. The molecule has 14 heteroatoms. The highest BCUT2D eigenvalue weighted by atomic mass is 32.2. The van der Waals surface area contributed by atoms with Gasteiger partial charge >= 0.3 is 12.4 Å². The Kier molecular flexibility index (Phi) is 20.4. The molecule has 0 aromatic heterocycles. The van der Waals surface area contributed by atoms with Gasteiger partial charge in [0.15, 0.2) is 13.2 Å². The molecule has 0 atom stereocenters. The van der Waals surface area contributed by atoms with Crippen LogP contribution in [0, 0.1) is 11.8 Å². The first-order valence-electron chi connectivity index (χ1n) is 17.6. The Bertz CT molecular complexity index is 1240. The average molecular weight is 736 g/mol. The standard InChI is InChI=1S/C23H38N4.C11H11F6NO2S.C2H6/c1-24-18-27-23(26-17-20-12-6-3-7-13-20)21-14-8-9-15-22(21)25-16-19-10-4-2-5-11-19;1-18-21-9-4-7(19-5-10(12,13)14)2-3-8(9)20-6-11(15,16)17;1-2/h8-9,14-15,19-20,24-25H,2-7,10-13,16-18H2,1H3,(H,26,27);2-4,18H,5-6H2,1H3;1-2H3. The summed E-state index contributed by atoms with van der Waals surface area (Å²) in [6, 6.07) is 12.1. The molecule has 0 radical (unpaired) electrons. The van der Waals surface area contributed by atoms with Crippen LogP contribution >= 0.6 is 11.9 Å². The van der Waals surface area contributed by atoms with Gasteiger partial charge in [0.05, 0.1) is 11.6 Å². The van der Waals surface area contributed by atoms with Crippen molar-refractivity contribution >= 4 is 23.5 Å². The number of aliphatic imine (C=N–C) groups is 1. The second-order valence-electron chi connectivity index (χ2n) is 12.1. The molecule has 4 N–H and O–H groups in total. The zero-order chi connectivity index (χ0) is 36.8. The van der Waals surface area contributed by atoms with Gasteiger partial charge in [-0.05, 0) is 93.9 Å². The van der Waals surface area contributed by atoms with Crippen molar-refractivity contribution in [1.29, 1.82) is 0 Å². The van der Waals surface area contributed by atoms with Crippen LogP contribution < -0.4 is 30.1 Å². The molecule has 284 valence electrons. The van der Waals surface area contributed by atoms with Gasteiger partial charge in [0.2, 0.25) is 0 Å². The van der Waals surface area contributed by atoms with Crippen LogP contribution in [-0.4, -0.2) is 65.3 Å². The maximum atomic E-state index is 12.1. The summed E-state index contributed by atoms with van der Waals surface area (Å²) >= 11 is 0.896. The second kappa shape index (κ2) is 23.6. The number of alkyl halides is 6. The van der Waals surface area contributed by atoms with Crippen molar-refractivity contribution in [2.24, 2.45) is 16.8 Å². The first-order chi connectivity index (χ1) is 24.0. The van der Waals surface area contributed by atoms with E-state index in [1.807, 2.05) is 20.9 Å². The molecule has 7 nitrogen and oxygen atoms in total. The molecule has 4 rings (SSSR count). The number of hydrogen-bond donors (Lipinski definition) is 4. The summed E-state index contributed by atoms with van der Waals surface area (Å²) in [6.45, 7) is 3.79. The van der Waals surface area contributed by atoms with Crippen molar-refractivity contribution < 1.29 is 35.8 Å². The highest BCUT2D eigenvalue weighted by Gasteiger charge is 2.30. The van der Waals surface area contributed by atoms with E-state index in [1.54, 1.807) is 0 Å². The van der Waals surface area contributed by atoms with Crippen LogP contribution in [0.1, 0.15) is 83.6 Å². The van der Waals surface area contributed by atoms with Crippen LogP contribution in [0.4, 0.5) is 32.0 Å². The Morgan fingerprint density at radius 2 is 1.36 bits per heavy atom. The third-order valence-corrected chi connectivity index (χ3v) is 8.83. The number of hydrogen-bond acceptors (Lipinski definition) is 7. The average Bonchev–Trinajstić information content (AvgIpc) is 3.11. The topological polar surface area (TPSA) is 78.9 Å². The monoisotopic (exact) mass is 735 g/mol. The van der Waals surface area contributed by atoms with Crippen LogP contribution in [0.2, 0.25) is 0 Å². The van der Waals surface area contributed by atoms with E-state index in [1.165, 1.54) is 88.6 Å². The summed E-state index contributed by atoms with van der Waals surface area (Å²) in [7, 11) is 3.46. The molecule has 2 aliphatic carbocycles. The van der Waals surface area contributed by atoms with Gasteiger partial charge in [-0.15, -0.1) is 0 Å². The van der Waals surface area contributed by atoms with Crippen LogP contribution in [0.3, 0.4) is 0 Å². The lowest BCUT2D eigenvalue weighted by Crippen LogP contribution is -2.32. The van der Waals surface area contributed by atoms with Crippen LogP contribution in [0.5, 0.6) is 11.5 Å². The fraction of sp³-hybridized carbons (Fsp3) is 0.639. The SMILES string of the molecule is CC.CNC/N=C(/NCC1CCCCC1)c1ccccc1NCC1CCCCC1.CNSc1cc(OCC(F)(F)F)ccc1OCC(F)(F)F. The molecule has 0 heterocycles. The van der Waals surface area contributed by atoms with E-state index in [0.29, 0.717) is 6.67 Å². The smallest absolute Gasteiger partial charge is 0.422 e. The molecule has 0 bridgehead atoms. The quantitative estimate of drug-likeness (QED) is 0.0667. The van der Waals surface area contributed by atoms with Crippen molar-refractivity contribution in [2.45, 2.75) is 95.3 Å². The van der Waals surface area contributed by atoms with E-state index in [4.69, 9.17) is 4.99 Å². The summed E-state index contributed by atoms with van der Waals surface area (Å²) in [5.41, 5.74) is 2.42. The minimum Gasteiger partial charge on any atom is -0.484 e. The minimum absolute atomic E-state index is 0.106. The third kappa shape index (κ3) is 17.9. The number of nitrogens with zero attached hydrogens (tertiary/aromatic N) is 1. The van der Waals surface area contributed by atoms with E-state index in [9.17, 15) is 26.3 Å². The first-order valence-corrected chi connectivity index (χ1v) is 18.4. The maximum Gasteiger partial charge on any atom is 0.422 e. The molecule has 2 aromatic rings. The van der Waals surface area contributed by atoms with E-state index >= 15 is 0 Å². The predicted octanol–water partition coefficient (Wildman–Crippen LogP) is 9.59. The van der Waals surface area contributed by atoms with Gasteiger partial charge in [-0.25, -0.2) is 0 Å². The zero-order valence-corrected chi connectivity index (χ0v) is 30.6. The molecule has 0 unspecified atom stereocenters. The molecule has 2 fully saturated rings. The van der Waals surface area contributed by atoms with E-state index in [2.05, 4.69) is 54.4 Å². The normalized spacial score (nSPS) is 16.0. The highest BCUT2D eigenvalue weighted by Crippen LogP contribution is 2.33. The van der Waals surface area contributed by atoms with Crippen molar-refractivity contribution in [1.82, 2.24) is 15.4 Å². The van der Waals surface area contributed by atoms with Gasteiger partial charge < -0.3 is 25.4 Å². The Hall–Kier alpha value is -2.84. The third-order valence-electron chi connectivity index (χ3n) is 8.09. The zero-order valence-electron chi connectivity index (χ0n) is 29.7. The van der Waals surface area contributed by atoms with Gasteiger partial charge in [-0.3, -0.25) is 9.71 Å². The number of amidine groups is 1. The predicted molar refractivity (Wildman–Crippen MR) is 192 cm³/mol. The summed E-state index contributed by atoms with van der Waals surface area (Å²) in [5, 5.41) is 10.6. The highest BCUT2D eigenvalue weighted by molar-refractivity contribution is 7.97. The molecule has 2 saturated carbocycles. The summed E-state index contributed by atoms with van der Waals surface area (Å²) in [5.74, 6) is 2.41. The van der Waals surface area contributed by atoms with Gasteiger partial charge in [0, 0.05) is 24.3 Å². The number of halogens is 6. The number of ether oxygens (including phenoxy) is 2. The van der Waals surface area contributed by atoms with E-state index in [0.717, 1.165) is 54.8 Å². The molecule has 0 amide bonds. The van der Waals surface area contributed by atoms with Crippen LogP contribution in [-0.2, 0) is 0 Å².